The molecule has 0 N–H and O–H groups in total. The Kier molecular flexibility index (Phi) is 3.93. The molecular weight excluding hydrogens is 164 g/mol. The number of aromatic nitrogens is 2. The summed E-state index contributed by atoms with van der Waals surface area (Å²) in [4.78, 5) is 8.98. The predicted octanol–water partition coefficient (Wildman–Crippen LogP) is 0.816. The first kappa shape index (κ1) is 9.66. The number of rotatable bonds is 1. The molecule has 1 rings (SSSR count). The first-order valence-electron chi connectivity index (χ1n) is 2.75. The molecule has 0 aliphatic heterocycles. The number of anilines is 1. The molecule has 0 amide bonds. The van der Waals surface area contributed by atoms with Crippen molar-refractivity contribution >= 4 is 18.4 Å². The fraction of sp³-hybridized carbons (Fsp3) is 0.167. The molecular formula is C6H7ClN4. The molecule has 1 heterocycles. The van der Waals surface area contributed by atoms with E-state index in [2.05, 4.69) is 9.97 Å². The normalized spacial score (nSPS) is 7.64. The van der Waals surface area contributed by atoms with Crippen LogP contribution in [0.25, 0.3) is 0 Å². The molecule has 0 spiro atoms. The molecule has 0 atom stereocenters. The highest BCUT2D eigenvalue weighted by molar-refractivity contribution is 5.85. The van der Waals surface area contributed by atoms with Crippen LogP contribution in [0.3, 0.4) is 0 Å². The van der Waals surface area contributed by atoms with Gasteiger partial charge in [0.2, 0.25) is 5.95 Å². The summed E-state index contributed by atoms with van der Waals surface area (Å²) in [5, 5.41) is 8.38. The van der Waals surface area contributed by atoms with E-state index < -0.39 is 0 Å². The Balaban J connectivity index is 0.000001000. The lowest BCUT2D eigenvalue weighted by atomic mass is 10.6. The standard InChI is InChI=1S/C6H6N4.ClH/c1-10(5-7)6-8-3-2-4-9-6;/h2-4H,1H3;1H. The first-order chi connectivity index (χ1) is 4.84. The van der Waals surface area contributed by atoms with Gasteiger partial charge in [-0.1, -0.05) is 0 Å². The summed E-state index contributed by atoms with van der Waals surface area (Å²) in [6.45, 7) is 0. The quantitative estimate of drug-likeness (QED) is 0.463. The van der Waals surface area contributed by atoms with Crippen LogP contribution in [0.5, 0.6) is 0 Å². The van der Waals surface area contributed by atoms with Crippen molar-refractivity contribution < 1.29 is 0 Å². The smallest absolute Gasteiger partial charge is 0.238 e. The van der Waals surface area contributed by atoms with Crippen molar-refractivity contribution in [2.24, 2.45) is 0 Å². The van der Waals surface area contributed by atoms with Gasteiger partial charge in [0.15, 0.2) is 6.19 Å². The van der Waals surface area contributed by atoms with Crippen molar-refractivity contribution in [3.8, 4) is 6.19 Å². The summed E-state index contributed by atoms with van der Waals surface area (Å²) in [5.74, 6) is 0.421. The van der Waals surface area contributed by atoms with Gasteiger partial charge in [-0.15, -0.1) is 12.4 Å². The maximum absolute atomic E-state index is 8.38. The lowest BCUT2D eigenvalue weighted by Gasteiger charge is -2.02. The molecule has 5 heteroatoms. The van der Waals surface area contributed by atoms with Gasteiger partial charge in [-0.2, -0.15) is 5.26 Å². The Morgan fingerprint density at radius 2 is 2.00 bits per heavy atom. The largest absolute Gasteiger partial charge is 0.250 e. The molecule has 0 aromatic carbocycles. The molecule has 4 nitrogen and oxygen atoms in total. The van der Waals surface area contributed by atoms with E-state index in [9.17, 15) is 0 Å². The molecule has 11 heavy (non-hydrogen) atoms. The number of hydrogen-bond donors (Lipinski definition) is 0. The van der Waals surface area contributed by atoms with Crippen LogP contribution in [0.1, 0.15) is 0 Å². The van der Waals surface area contributed by atoms with Crippen LogP contribution in [0, 0.1) is 11.5 Å². The van der Waals surface area contributed by atoms with Crippen molar-refractivity contribution in [1.29, 1.82) is 5.26 Å². The summed E-state index contributed by atoms with van der Waals surface area (Å²) in [6, 6.07) is 1.70. The highest BCUT2D eigenvalue weighted by Crippen LogP contribution is 1.98. The zero-order valence-electron chi connectivity index (χ0n) is 5.93. The average molecular weight is 171 g/mol. The van der Waals surface area contributed by atoms with Gasteiger partial charge in [0.05, 0.1) is 0 Å². The van der Waals surface area contributed by atoms with Crippen LogP contribution in [0.2, 0.25) is 0 Å². The van der Waals surface area contributed by atoms with E-state index in [-0.39, 0.29) is 12.4 Å². The van der Waals surface area contributed by atoms with Crippen LogP contribution >= 0.6 is 12.4 Å². The molecule has 1 aromatic heterocycles. The van der Waals surface area contributed by atoms with Crippen LogP contribution in [0.15, 0.2) is 18.5 Å². The Morgan fingerprint density at radius 1 is 1.45 bits per heavy atom. The Labute approximate surface area is 70.9 Å². The van der Waals surface area contributed by atoms with E-state index in [1.807, 2.05) is 6.19 Å². The van der Waals surface area contributed by atoms with Gasteiger partial charge in [0, 0.05) is 19.4 Å². The lowest BCUT2D eigenvalue weighted by Crippen LogP contribution is -2.11. The molecule has 0 saturated carbocycles. The van der Waals surface area contributed by atoms with E-state index in [4.69, 9.17) is 5.26 Å². The lowest BCUT2D eigenvalue weighted by molar-refractivity contribution is 1.04. The van der Waals surface area contributed by atoms with E-state index in [1.54, 1.807) is 25.5 Å². The summed E-state index contributed by atoms with van der Waals surface area (Å²) in [6.07, 6.45) is 5.08. The molecule has 0 fully saturated rings. The summed E-state index contributed by atoms with van der Waals surface area (Å²) < 4.78 is 0. The Hall–Kier alpha value is -1.34. The summed E-state index contributed by atoms with van der Waals surface area (Å²) >= 11 is 0. The van der Waals surface area contributed by atoms with Crippen LogP contribution in [-0.2, 0) is 0 Å². The molecule has 0 unspecified atom stereocenters. The van der Waals surface area contributed by atoms with Gasteiger partial charge in [-0.3, -0.25) is 4.90 Å². The van der Waals surface area contributed by atoms with Crippen molar-refractivity contribution in [2.45, 2.75) is 0 Å². The molecule has 0 aliphatic carbocycles. The molecule has 58 valence electrons. The number of nitrogens with zero attached hydrogens (tertiary/aromatic N) is 4. The third-order valence-corrected chi connectivity index (χ3v) is 1.00. The minimum atomic E-state index is 0. The minimum Gasteiger partial charge on any atom is -0.250 e. The first-order valence-corrected chi connectivity index (χ1v) is 2.75. The Bertz CT molecular complexity index is 243. The molecule has 0 radical (unpaired) electrons. The van der Waals surface area contributed by atoms with Gasteiger partial charge < -0.3 is 0 Å². The van der Waals surface area contributed by atoms with E-state index in [1.165, 1.54) is 4.90 Å². The number of hydrogen-bond acceptors (Lipinski definition) is 4. The van der Waals surface area contributed by atoms with E-state index in [0.717, 1.165) is 0 Å². The third kappa shape index (κ3) is 2.40. The van der Waals surface area contributed by atoms with E-state index in [0.29, 0.717) is 5.95 Å². The number of halogens is 1. The molecule has 0 saturated heterocycles. The van der Waals surface area contributed by atoms with Crippen molar-refractivity contribution in [1.82, 2.24) is 9.97 Å². The van der Waals surface area contributed by atoms with Crippen LogP contribution in [-0.4, -0.2) is 17.0 Å². The molecule has 1 aromatic rings. The third-order valence-electron chi connectivity index (χ3n) is 1.00. The van der Waals surface area contributed by atoms with Gasteiger partial charge >= 0.3 is 0 Å². The van der Waals surface area contributed by atoms with Gasteiger partial charge in [-0.25, -0.2) is 9.97 Å². The van der Waals surface area contributed by atoms with Crippen molar-refractivity contribution in [2.75, 3.05) is 11.9 Å². The van der Waals surface area contributed by atoms with Crippen LogP contribution < -0.4 is 4.90 Å². The monoisotopic (exact) mass is 170 g/mol. The summed E-state index contributed by atoms with van der Waals surface area (Å²) in [7, 11) is 1.61. The summed E-state index contributed by atoms with van der Waals surface area (Å²) in [5.41, 5.74) is 0. The fourth-order valence-corrected chi connectivity index (χ4v) is 0.509. The average Bonchev–Trinajstić information content (AvgIpc) is 2.05. The van der Waals surface area contributed by atoms with Crippen molar-refractivity contribution in [3.63, 3.8) is 0 Å². The Morgan fingerprint density at radius 3 is 2.45 bits per heavy atom. The second-order valence-electron chi connectivity index (χ2n) is 1.71. The minimum absolute atomic E-state index is 0. The predicted molar refractivity (Wildman–Crippen MR) is 43.3 cm³/mol. The van der Waals surface area contributed by atoms with Gasteiger partial charge in [-0.05, 0) is 6.07 Å². The van der Waals surface area contributed by atoms with Gasteiger partial charge in [0.25, 0.3) is 0 Å². The van der Waals surface area contributed by atoms with Crippen LogP contribution in [0.4, 0.5) is 5.95 Å². The highest BCUT2D eigenvalue weighted by atomic mass is 35.5. The number of nitriles is 1. The zero-order valence-corrected chi connectivity index (χ0v) is 6.75. The topological polar surface area (TPSA) is 52.8 Å². The van der Waals surface area contributed by atoms with Crippen molar-refractivity contribution in [3.05, 3.63) is 18.5 Å². The zero-order chi connectivity index (χ0) is 7.40. The fourth-order valence-electron chi connectivity index (χ4n) is 0.509. The SMILES string of the molecule is CN(C#N)c1ncccn1.Cl. The maximum atomic E-state index is 8.38. The molecule has 0 bridgehead atoms. The van der Waals surface area contributed by atoms with Gasteiger partial charge in [0.1, 0.15) is 0 Å². The second kappa shape index (κ2) is 4.47. The van der Waals surface area contributed by atoms with E-state index >= 15 is 0 Å². The highest BCUT2D eigenvalue weighted by Gasteiger charge is 1.97. The maximum Gasteiger partial charge on any atom is 0.238 e. The molecule has 0 aliphatic rings. The second-order valence-corrected chi connectivity index (χ2v) is 1.71.